The average molecular weight is 305 g/mol. The van der Waals surface area contributed by atoms with Crippen molar-refractivity contribution in [2.24, 2.45) is 0 Å². The molecule has 0 unspecified atom stereocenters. The number of aromatic nitrogens is 2. The van der Waals surface area contributed by atoms with E-state index in [1.165, 1.54) is 0 Å². The zero-order valence-corrected chi connectivity index (χ0v) is 9.61. The molecule has 4 nitrogen and oxygen atoms in total. The molecule has 1 heterocycles. The van der Waals surface area contributed by atoms with Crippen LogP contribution in [0.25, 0.3) is 0 Å². The molecule has 0 aliphatic heterocycles. The van der Waals surface area contributed by atoms with Crippen LogP contribution in [0.5, 0.6) is 0 Å². The van der Waals surface area contributed by atoms with Crippen LogP contribution in [0.3, 0.4) is 0 Å². The molecule has 84 valence electrons. The number of hydrogen-bond donors (Lipinski definition) is 0. The first-order chi connectivity index (χ1) is 6.62. The molecule has 1 aromatic rings. The van der Waals surface area contributed by atoms with E-state index in [0.717, 1.165) is 12.5 Å². The second-order valence-corrected chi connectivity index (χ2v) is 5.38. The van der Waals surface area contributed by atoms with Gasteiger partial charge < -0.3 is 0 Å². The summed E-state index contributed by atoms with van der Waals surface area (Å²) in [6.45, 7) is 0. The first-order valence-corrected chi connectivity index (χ1v) is 6.10. The van der Waals surface area contributed by atoms with Crippen molar-refractivity contribution >= 4 is 25.8 Å². The first kappa shape index (κ1) is 12.4. The van der Waals surface area contributed by atoms with Gasteiger partial charge >= 0.3 is 6.18 Å². The molecule has 0 aliphatic rings. The monoisotopic (exact) mass is 304 g/mol. The highest BCUT2D eigenvalue weighted by molar-refractivity contribution is 9.10. The lowest BCUT2D eigenvalue weighted by Crippen LogP contribution is -2.14. The van der Waals surface area contributed by atoms with Crippen LogP contribution in [0.4, 0.5) is 13.2 Å². The second-order valence-electron chi connectivity index (χ2n) is 2.62. The third-order valence-corrected chi connectivity index (χ3v) is 2.76. The Hall–Kier alpha value is -0.700. The Labute approximate surface area is 91.6 Å². The normalized spacial score (nSPS) is 12.9. The molecule has 0 N–H and O–H groups in total. The summed E-state index contributed by atoms with van der Waals surface area (Å²) in [6.07, 6.45) is -3.23. The zero-order valence-electron chi connectivity index (χ0n) is 7.21. The molecule has 9 heteroatoms. The van der Waals surface area contributed by atoms with Crippen molar-refractivity contribution in [3.05, 3.63) is 16.4 Å². The summed E-state index contributed by atoms with van der Waals surface area (Å²) in [5.74, 6) is 0. The fraction of sp³-hybridized carbons (Fsp3) is 0.333. The number of nitrogens with zero attached hydrogens (tertiary/aromatic N) is 2. The maximum Gasteiger partial charge on any atom is 0.434 e. The van der Waals surface area contributed by atoms with Crippen LogP contribution in [0.15, 0.2) is 15.8 Å². The largest absolute Gasteiger partial charge is 0.434 e. The third-order valence-electron chi connectivity index (χ3n) is 1.32. The predicted molar refractivity (Wildman–Crippen MR) is 47.8 cm³/mol. The number of rotatable bonds is 1. The maximum absolute atomic E-state index is 12.3. The molecule has 0 bridgehead atoms. The van der Waals surface area contributed by atoms with Gasteiger partial charge in [-0.25, -0.2) is 18.4 Å². The lowest BCUT2D eigenvalue weighted by atomic mass is 10.4. The van der Waals surface area contributed by atoms with Crippen molar-refractivity contribution in [3.63, 3.8) is 0 Å². The van der Waals surface area contributed by atoms with E-state index in [1.54, 1.807) is 0 Å². The van der Waals surface area contributed by atoms with E-state index in [2.05, 4.69) is 25.9 Å². The van der Waals surface area contributed by atoms with Gasteiger partial charge in [-0.05, 0) is 15.9 Å². The molecule has 1 rings (SSSR count). The molecular weight excluding hydrogens is 301 g/mol. The molecular formula is C6H4BrF3N2O2S. The molecule has 0 saturated carbocycles. The smallest absolute Gasteiger partial charge is 0.226 e. The molecule has 0 saturated heterocycles. The van der Waals surface area contributed by atoms with Gasteiger partial charge in [0.05, 0.1) is 4.47 Å². The number of alkyl halides is 3. The van der Waals surface area contributed by atoms with Crippen molar-refractivity contribution in [3.8, 4) is 0 Å². The first-order valence-electron chi connectivity index (χ1n) is 3.42. The Bertz CT molecular complexity index is 486. The summed E-state index contributed by atoms with van der Waals surface area (Å²) in [7, 11) is -3.85. The predicted octanol–water partition coefficient (Wildman–Crippen LogP) is 1.66. The van der Waals surface area contributed by atoms with Crippen molar-refractivity contribution in [1.82, 2.24) is 9.97 Å². The summed E-state index contributed by atoms with van der Waals surface area (Å²) in [5.41, 5.74) is -1.31. The quantitative estimate of drug-likeness (QED) is 0.740. The van der Waals surface area contributed by atoms with E-state index >= 15 is 0 Å². The minimum absolute atomic E-state index is 0.401. The summed E-state index contributed by atoms with van der Waals surface area (Å²) in [4.78, 5) is 6.22. The van der Waals surface area contributed by atoms with Crippen LogP contribution in [-0.2, 0) is 16.0 Å². The van der Waals surface area contributed by atoms with E-state index in [9.17, 15) is 21.6 Å². The van der Waals surface area contributed by atoms with Crippen molar-refractivity contribution in [2.45, 2.75) is 11.3 Å². The van der Waals surface area contributed by atoms with Gasteiger partial charge in [-0.1, -0.05) is 0 Å². The van der Waals surface area contributed by atoms with Crippen LogP contribution in [0.2, 0.25) is 0 Å². The van der Waals surface area contributed by atoms with E-state index in [-0.39, 0.29) is 0 Å². The molecule has 0 atom stereocenters. The Morgan fingerprint density at radius 1 is 1.40 bits per heavy atom. The van der Waals surface area contributed by atoms with Crippen LogP contribution in [-0.4, -0.2) is 24.6 Å². The standard InChI is InChI=1S/C6H4BrF3N2O2S/c1-15(13,14)5-11-2-3(7)4(12-5)6(8,9)10/h2H,1H3. The average Bonchev–Trinajstić information content (AvgIpc) is 2.00. The van der Waals surface area contributed by atoms with Crippen molar-refractivity contribution < 1.29 is 21.6 Å². The Morgan fingerprint density at radius 3 is 2.33 bits per heavy atom. The molecule has 0 spiro atoms. The lowest BCUT2D eigenvalue weighted by Gasteiger charge is -2.08. The fourth-order valence-electron chi connectivity index (χ4n) is 0.728. The lowest BCUT2D eigenvalue weighted by molar-refractivity contribution is -0.142. The topological polar surface area (TPSA) is 59.9 Å². The van der Waals surface area contributed by atoms with Gasteiger partial charge in [0.25, 0.3) is 0 Å². The molecule has 0 aromatic carbocycles. The van der Waals surface area contributed by atoms with Gasteiger partial charge in [-0.15, -0.1) is 0 Å². The van der Waals surface area contributed by atoms with E-state index in [0.29, 0.717) is 0 Å². The highest BCUT2D eigenvalue weighted by atomic mass is 79.9. The third kappa shape index (κ3) is 2.88. The second kappa shape index (κ2) is 3.71. The Kier molecular flexibility index (Phi) is 3.06. The van der Waals surface area contributed by atoms with Gasteiger partial charge in [0.2, 0.25) is 15.0 Å². The molecule has 0 amide bonds. The fourth-order valence-corrected chi connectivity index (χ4v) is 1.65. The van der Waals surface area contributed by atoms with E-state index < -0.39 is 31.3 Å². The number of halogens is 4. The van der Waals surface area contributed by atoms with E-state index in [1.807, 2.05) is 0 Å². The molecule has 0 fully saturated rings. The number of sulfone groups is 1. The van der Waals surface area contributed by atoms with Crippen LogP contribution < -0.4 is 0 Å². The molecule has 0 radical (unpaired) electrons. The van der Waals surface area contributed by atoms with Crippen LogP contribution in [0, 0.1) is 0 Å². The zero-order chi connectivity index (χ0) is 11.9. The Balaban J connectivity index is 3.43. The van der Waals surface area contributed by atoms with Crippen molar-refractivity contribution in [1.29, 1.82) is 0 Å². The minimum Gasteiger partial charge on any atom is -0.226 e. The molecule has 1 aromatic heterocycles. The van der Waals surface area contributed by atoms with Crippen LogP contribution >= 0.6 is 15.9 Å². The number of hydrogen-bond acceptors (Lipinski definition) is 4. The van der Waals surface area contributed by atoms with Gasteiger partial charge in [-0.3, -0.25) is 0 Å². The summed E-state index contributed by atoms with van der Waals surface area (Å²) in [6, 6.07) is 0. The van der Waals surface area contributed by atoms with Crippen LogP contribution in [0.1, 0.15) is 5.69 Å². The summed E-state index contributed by atoms with van der Waals surface area (Å²) < 4.78 is 58.3. The van der Waals surface area contributed by atoms with E-state index in [4.69, 9.17) is 0 Å². The van der Waals surface area contributed by atoms with Gasteiger partial charge in [-0.2, -0.15) is 13.2 Å². The summed E-state index contributed by atoms with van der Waals surface area (Å²) >= 11 is 2.59. The van der Waals surface area contributed by atoms with Gasteiger partial charge in [0.1, 0.15) is 0 Å². The Morgan fingerprint density at radius 2 is 1.93 bits per heavy atom. The highest BCUT2D eigenvalue weighted by Gasteiger charge is 2.36. The molecule has 0 aliphatic carbocycles. The minimum atomic E-state index is -4.72. The van der Waals surface area contributed by atoms with Gasteiger partial charge in [0, 0.05) is 12.5 Å². The maximum atomic E-state index is 12.3. The highest BCUT2D eigenvalue weighted by Crippen LogP contribution is 2.32. The van der Waals surface area contributed by atoms with Crippen molar-refractivity contribution in [2.75, 3.05) is 6.26 Å². The van der Waals surface area contributed by atoms with Gasteiger partial charge in [0.15, 0.2) is 5.69 Å². The summed E-state index contributed by atoms with van der Waals surface area (Å²) in [5, 5.41) is -0.849. The molecule has 15 heavy (non-hydrogen) atoms. The SMILES string of the molecule is CS(=O)(=O)c1ncc(Br)c(C(F)(F)F)n1.